The van der Waals surface area contributed by atoms with Gasteiger partial charge < -0.3 is 4.55 Å². The van der Waals surface area contributed by atoms with Crippen LogP contribution in [-0.2, 0) is 25.8 Å². The van der Waals surface area contributed by atoms with Gasteiger partial charge in [0.1, 0.15) is 11.5 Å². The molecule has 0 bridgehead atoms. The summed E-state index contributed by atoms with van der Waals surface area (Å²) in [7, 11) is -3.56. The van der Waals surface area contributed by atoms with E-state index in [0.29, 0.717) is 23.1 Å². The number of carbonyl (C=O) groups is 1. The molecule has 0 aromatic heterocycles. The fraction of sp³-hybridized carbons (Fsp3) is 0.941. The highest BCUT2D eigenvalue weighted by atomic mass is 32.2. The lowest BCUT2D eigenvalue weighted by Crippen LogP contribution is -2.25. The number of hydrogen-bond donors (Lipinski definition) is 0. The van der Waals surface area contributed by atoms with Gasteiger partial charge in [-0.3, -0.25) is 4.79 Å². The first kappa shape index (κ1) is 25.2. The highest BCUT2D eigenvalue weighted by molar-refractivity contribution is 7.97. The smallest absolute Gasteiger partial charge is 0.184 e. The highest BCUT2D eigenvalue weighted by Gasteiger charge is 2.22. The van der Waals surface area contributed by atoms with Crippen molar-refractivity contribution >= 4 is 26.8 Å². The second kappa shape index (κ2) is 15.5. The molecule has 0 radical (unpaired) electrons. The molecule has 4 nitrogen and oxygen atoms in total. The third kappa shape index (κ3) is 19.9. The summed E-state index contributed by atoms with van der Waals surface area (Å²) in [6.07, 6.45) is 6.32. The molecule has 0 saturated carbocycles. The van der Waals surface area contributed by atoms with E-state index in [2.05, 4.69) is 13.8 Å². The number of ketones is 1. The number of carbonyl (C=O) groups excluding carboxylic acids is 1. The standard InChI is InChI=1S/C13H27OS.C4H10O3S/c1-5-7-9-15(10-8-6-2)11-13(14)12(3)4;1-2-3-4-8(5,6)7/h12H,5-11H2,1-4H3;2-4H2,1H3,(H,5,6,7)/q+1;/p-1. The molecule has 0 aliphatic heterocycles. The van der Waals surface area contributed by atoms with Crippen molar-refractivity contribution in [3.63, 3.8) is 0 Å². The van der Waals surface area contributed by atoms with Gasteiger partial charge in [0, 0.05) is 11.7 Å². The van der Waals surface area contributed by atoms with Crippen molar-refractivity contribution in [1.29, 1.82) is 0 Å². The Labute approximate surface area is 146 Å². The number of hydrogen-bond acceptors (Lipinski definition) is 4. The first-order valence-electron chi connectivity index (χ1n) is 8.78. The molecule has 0 N–H and O–H groups in total. The van der Waals surface area contributed by atoms with Gasteiger partial charge in [-0.1, -0.05) is 53.9 Å². The largest absolute Gasteiger partial charge is 0.748 e. The monoisotopic (exact) mass is 368 g/mol. The Hall–Kier alpha value is -0.0700. The Kier molecular flexibility index (Phi) is 16.9. The Morgan fingerprint density at radius 1 is 0.957 bits per heavy atom. The Morgan fingerprint density at radius 2 is 1.39 bits per heavy atom. The molecule has 140 valence electrons. The molecule has 0 aliphatic carbocycles. The molecule has 0 aromatic rings. The van der Waals surface area contributed by atoms with E-state index in [4.69, 9.17) is 0 Å². The van der Waals surface area contributed by atoms with Gasteiger partial charge in [0.2, 0.25) is 0 Å². The fourth-order valence-corrected chi connectivity index (χ4v) is 4.90. The van der Waals surface area contributed by atoms with Crippen molar-refractivity contribution < 1.29 is 17.8 Å². The maximum Gasteiger partial charge on any atom is 0.184 e. The van der Waals surface area contributed by atoms with Gasteiger partial charge in [-0.25, -0.2) is 8.42 Å². The summed E-state index contributed by atoms with van der Waals surface area (Å²) >= 11 is 0. The summed E-state index contributed by atoms with van der Waals surface area (Å²) in [6.45, 7) is 10.3. The van der Waals surface area contributed by atoms with Crippen LogP contribution in [0.25, 0.3) is 0 Å². The summed E-state index contributed by atoms with van der Waals surface area (Å²) in [5.74, 6) is 3.86. The van der Waals surface area contributed by atoms with Crippen LogP contribution in [0.15, 0.2) is 0 Å². The van der Waals surface area contributed by atoms with Gasteiger partial charge in [-0.15, -0.1) is 0 Å². The average molecular weight is 369 g/mol. The van der Waals surface area contributed by atoms with Crippen LogP contribution in [0.3, 0.4) is 0 Å². The molecule has 0 aromatic carbocycles. The van der Waals surface area contributed by atoms with Crippen LogP contribution < -0.4 is 0 Å². The van der Waals surface area contributed by atoms with E-state index in [-0.39, 0.29) is 11.7 Å². The van der Waals surface area contributed by atoms with Crippen molar-refractivity contribution in [3.05, 3.63) is 0 Å². The zero-order valence-electron chi connectivity index (χ0n) is 15.6. The number of Topliss-reactive ketones (excluding diaryl/α,β-unsaturated/α-hetero) is 1. The summed E-state index contributed by atoms with van der Waals surface area (Å²) in [6, 6.07) is 0. The van der Waals surface area contributed by atoms with E-state index in [0.717, 1.165) is 12.2 Å². The zero-order valence-corrected chi connectivity index (χ0v) is 17.2. The second-order valence-corrected chi connectivity index (χ2v) is 9.96. The summed E-state index contributed by atoms with van der Waals surface area (Å²) in [5.41, 5.74) is 0. The van der Waals surface area contributed by atoms with Gasteiger partial charge in [0.15, 0.2) is 11.5 Å². The molecular weight excluding hydrogens is 332 g/mol. The third-order valence-electron chi connectivity index (χ3n) is 3.31. The topological polar surface area (TPSA) is 74.3 Å². The lowest BCUT2D eigenvalue weighted by atomic mass is 10.1. The molecule has 0 unspecified atom stereocenters. The molecule has 6 heteroatoms. The minimum atomic E-state index is -3.94. The Balaban J connectivity index is 0. The van der Waals surface area contributed by atoms with Gasteiger partial charge in [-0.05, 0) is 30.2 Å². The number of unbranched alkanes of at least 4 members (excludes halogenated alkanes) is 3. The number of rotatable bonds is 12. The minimum Gasteiger partial charge on any atom is -0.748 e. The third-order valence-corrected chi connectivity index (χ3v) is 6.52. The van der Waals surface area contributed by atoms with Gasteiger partial charge in [-0.2, -0.15) is 0 Å². The highest BCUT2D eigenvalue weighted by Crippen LogP contribution is 2.08. The zero-order chi connectivity index (χ0) is 18.3. The van der Waals surface area contributed by atoms with Gasteiger partial charge in [0.25, 0.3) is 0 Å². The van der Waals surface area contributed by atoms with E-state index < -0.39 is 10.1 Å². The molecule has 0 rings (SSSR count). The lowest BCUT2D eigenvalue weighted by Gasteiger charge is -2.09. The Morgan fingerprint density at radius 3 is 1.65 bits per heavy atom. The molecular formula is C17H36O4S2. The second-order valence-electron chi connectivity index (χ2n) is 6.11. The molecule has 0 amide bonds. The van der Waals surface area contributed by atoms with Crippen LogP contribution >= 0.6 is 0 Å². The molecule has 0 heterocycles. The van der Waals surface area contributed by atoms with Crippen molar-refractivity contribution in [2.45, 2.75) is 73.1 Å². The summed E-state index contributed by atoms with van der Waals surface area (Å²) < 4.78 is 29.5. The first-order valence-corrected chi connectivity index (χ1v) is 12.1. The summed E-state index contributed by atoms with van der Waals surface area (Å²) in [5, 5.41) is 0. The molecule has 0 spiro atoms. The van der Waals surface area contributed by atoms with Crippen molar-refractivity contribution in [1.82, 2.24) is 0 Å². The van der Waals surface area contributed by atoms with Gasteiger partial charge in [0.05, 0.1) is 10.1 Å². The normalized spacial score (nSPS) is 11.5. The van der Waals surface area contributed by atoms with Gasteiger partial charge >= 0.3 is 0 Å². The maximum absolute atomic E-state index is 11.7. The van der Waals surface area contributed by atoms with Crippen molar-refractivity contribution in [2.75, 3.05) is 23.0 Å². The van der Waals surface area contributed by atoms with Crippen LogP contribution in [0.2, 0.25) is 0 Å². The lowest BCUT2D eigenvalue weighted by molar-refractivity contribution is -0.119. The molecule has 0 fully saturated rings. The molecule has 0 atom stereocenters. The van der Waals surface area contributed by atoms with Crippen LogP contribution in [0.1, 0.15) is 73.1 Å². The predicted octanol–water partition coefficient (Wildman–Crippen LogP) is 3.76. The van der Waals surface area contributed by atoms with Crippen LogP contribution in [-0.4, -0.2) is 41.8 Å². The average Bonchev–Trinajstić information content (AvgIpc) is 2.47. The van der Waals surface area contributed by atoms with Crippen LogP contribution in [0, 0.1) is 5.92 Å². The molecule has 0 saturated heterocycles. The quantitative estimate of drug-likeness (QED) is 0.388. The predicted molar refractivity (Wildman–Crippen MR) is 101 cm³/mol. The molecule has 0 aliphatic rings. The summed E-state index contributed by atoms with van der Waals surface area (Å²) in [4.78, 5) is 11.7. The van der Waals surface area contributed by atoms with Crippen LogP contribution in [0.4, 0.5) is 0 Å². The van der Waals surface area contributed by atoms with E-state index >= 15 is 0 Å². The van der Waals surface area contributed by atoms with E-state index in [1.165, 1.54) is 37.2 Å². The van der Waals surface area contributed by atoms with E-state index in [1.54, 1.807) is 0 Å². The SMILES string of the molecule is CCCCS(=O)(=O)[O-].CCCC[S+](CCCC)CC(=O)C(C)C. The van der Waals surface area contributed by atoms with E-state index in [9.17, 15) is 17.8 Å². The fourth-order valence-electron chi connectivity index (χ4n) is 1.63. The van der Waals surface area contributed by atoms with Crippen molar-refractivity contribution in [2.24, 2.45) is 5.92 Å². The first-order chi connectivity index (χ1) is 10.7. The minimum absolute atomic E-state index is 0.219. The van der Waals surface area contributed by atoms with E-state index in [1.807, 2.05) is 20.8 Å². The van der Waals surface area contributed by atoms with Crippen LogP contribution in [0.5, 0.6) is 0 Å². The van der Waals surface area contributed by atoms with Crippen molar-refractivity contribution in [3.8, 4) is 0 Å². The Bertz CT molecular complexity index is 370. The molecule has 23 heavy (non-hydrogen) atoms. The maximum atomic E-state index is 11.7.